The van der Waals surface area contributed by atoms with E-state index in [9.17, 15) is 18.4 Å². The number of alkyl halides is 2. The number of likely N-dealkylation sites (tertiary alicyclic amines) is 1. The summed E-state index contributed by atoms with van der Waals surface area (Å²) in [5, 5.41) is 8.18. The molecule has 0 radical (unpaired) electrons. The minimum absolute atomic E-state index is 0.0517. The highest BCUT2D eigenvalue weighted by Gasteiger charge is 2.42. The number of hydrogen-bond donors (Lipinski definition) is 0. The van der Waals surface area contributed by atoms with Crippen molar-refractivity contribution in [1.29, 1.82) is 0 Å². The Balaban J connectivity index is 1.52. The van der Waals surface area contributed by atoms with E-state index < -0.39 is 12.5 Å². The van der Waals surface area contributed by atoms with Crippen LogP contribution in [-0.2, 0) is 29.7 Å². The van der Waals surface area contributed by atoms with Crippen LogP contribution in [0, 0.1) is 11.8 Å². The monoisotopic (exact) mass is 563 g/mol. The predicted octanol–water partition coefficient (Wildman–Crippen LogP) is 5.25. The van der Waals surface area contributed by atoms with Crippen LogP contribution in [0.5, 0.6) is 5.75 Å². The molecule has 1 aromatic heterocycles. The zero-order chi connectivity index (χ0) is 27.8. The summed E-state index contributed by atoms with van der Waals surface area (Å²) in [6.07, 6.45) is 3.10. The third-order valence-electron chi connectivity index (χ3n) is 8.80. The van der Waals surface area contributed by atoms with Crippen molar-refractivity contribution in [2.75, 3.05) is 13.1 Å². The zero-order valence-corrected chi connectivity index (χ0v) is 23.5. The van der Waals surface area contributed by atoms with Gasteiger partial charge in [0.25, 0.3) is 6.43 Å². The lowest BCUT2D eigenvalue weighted by molar-refractivity contribution is -0.143. The van der Waals surface area contributed by atoms with Gasteiger partial charge in [-0.25, -0.2) is 13.5 Å². The van der Waals surface area contributed by atoms with E-state index in [-0.39, 0.29) is 41.8 Å². The molecule has 1 aliphatic carbocycles. The quantitative estimate of drug-likeness (QED) is 0.460. The van der Waals surface area contributed by atoms with Gasteiger partial charge in [0, 0.05) is 49.1 Å². The molecule has 5 rings (SSSR count). The van der Waals surface area contributed by atoms with Gasteiger partial charge in [0.1, 0.15) is 23.7 Å². The van der Waals surface area contributed by atoms with E-state index in [0.717, 1.165) is 47.9 Å². The van der Waals surface area contributed by atoms with Crippen molar-refractivity contribution >= 4 is 23.4 Å². The number of hydrogen-bond acceptors (Lipinski definition) is 5. The lowest BCUT2D eigenvalue weighted by atomic mass is 9.78. The minimum atomic E-state index is -2.75. The van der Waals surface area contributed by atoms with Crippen LogP contribution in [-0.4, -0.2) is 55.7 Å². The van der Waals surface area contributed by atoms with Crippen molar-refractivity contribution < 1.29 is 23.1 Å². The molecule has 0 bridgehead atoms. The maximum absolute atomic E-state index is 14.1. The van der Waals surface area contributed by atoms with E-state index in [1.807, 2.05) is 16.7 Å². The SMILES string of the molecule is C[C@@H]1CCC(=O)N1C[C@@H]1c2c(OCc3nnn(C)c3C(F)F)ccc(Cl)c2CCN1C(=O)[C@@H]1CCCC[C@@H]1C. The number of amides is 2. The van der Waals surface area contributed by atoms with Gasteiger partial charge in [0.15, 0.2) is 0 Å². The number of rotatable bonds is 7. The number of halogens is 3. The Kier molecular flexibility index (Phi) is 8.12. The molecule has 4 atom stereocenters. The molecule has 0 spiro atoms. The Morgan fingerprint density at radius 2 is 1.95 bits per heavy atom. The molecule has 1 saturated carbocycles. The summed E-state index contributed by atoms with van der Waals surface area (Å²) in [7, 11) is 1.42. The van der Waals surface area contributed by atoms with Crippen LogP contribution in [0.15, 0.2) is 12.1 Å². The fraction of sp³-hybridized carbons (Fsp3) is 0.643. The Labute approximate surface area is 232 Å². The van der Waals surface area contributed by atoms with Gasteiger partial charge >= 0.3 is 0 Å². The largest absolute Gasteiger partial charge is 0.487 e. The molecule has 212 valence electrons. The molecule has 2 aliphatic heterocycles. The van der Waals surface area contributed by atoms with Crippen molar-refractivity contribution in [3.8, 4) is 5.75 Å². The van der Waals surface area contributed by atoms with Crippen molar-refractivity contribution in [2.24, 2.45) is 18.9 Å². The van der Waals surface area contributed by atoms with Crippen LogP contribution in [0.25, 0.3) is 0 Å². The lowest BCUT2D eigenvalue weighted by Gasteiger charge is -2.43. The molecular formula is C28H36ClF2N5O3. The van der Waals surface area contributed by atoms with Crippen molar-refractivity contribution in [1.82, 2.24) is 24.8 Å². The molecule has 2 amide bonds. The summed E-state index contributed by atoms with van der Waals surface area (Å²) in [6.45, 7) is 4.80. The first-order valence-electron chi connectivity index (χ1n) is 13.9. The summed E-state index contributed by atoms with van der Waals surface area (Å²) < 4.78 is 34.5. The maximum Gasteiger partial charge on any atom is 0.282 e. The Morgan fingerprint density at radius 3 is 2.64 bits per heavy atom. The summed E-state index contributed by atoms with van der Waals surface area (Å²) in [5.41, 5.74) is 1.37. The fourth-order valence-corrected chi connectivity index (χ4v) is 6.78. The fourth-order valence-electron chi connectivity index (χ4n) is 6.52. The maximum atomic E-state index is 14.1. The number of aromatic nitrogens is 3. The summed E-state index contributed by atoms with van der Waals surface area (Å²) >= 11 is 6.68. The van der Waals surface area contributed by atoms with E-state index in [2.05, 4.69) is 17.2 Å². The Hall–Kier alpha value is -2.75. The first kappa shape index (κ1) is 27.8. The number of carbonyl (C=O) groups excluding carboxylic acids is 2. The lowest BCUT2D eigenvalue weighted by Crippen LogP contribution is -2.49. The highest BCUT2D eigenvalue weighted by Crippen LogP contribution is 2.43. The van der Waals surface area contributed by atoms with Crippen molar-refractivity contribution in [3.05, 3.63) is 39.7 Å². The molecule has 0 N–H and O–H groups in total. The standard InChI is InChI=1S/C28H36ClF2N5O3/c1-16-6-4-5-7-18(16)28(38)35-13-12-19-20(29)9-10-23(39-15-21-26(27(30)31)34(3)33-32-21)25(19)22(35)14-36-17(2)8-11-24(36)37/h9-10,16-18,22,27H,4-8,11-15H2,1-3H3/t16-,17+,18+,22+/m0/s1. The number of fused-ring (bicyclic) bond motifs is 1. The van der Waals surface area contributed by atoms with E-state index in [1.54, 1.807) is 12.1 Å². The van der Waals surface area contributed by atoms with E-state index in [4.69, 9.17) is 16.3 Å². The van der Waals surface area contributed by atoms with Crippen LogP contribution in [0.4, 0.5) is 8.78 Å². The predicted molar refractivity (Wildman–Crippen MR) is 141 cm³/mol. The zero-order valence-electron chi connectivity index (χ0n) is 22.7. The molecule has 11 heteroatoms. The first-order chi connectivity index (χ1) is 18.7. The highest BCUT2D eigenvalue weighted by atomic mass is 35.5. The third kappa shape index (κ3) is 5.36. The molecule has 3 heterocycles. The van der Waals surface area contributed by atoms with Gasteiger partial charge in [-0.05, 0) is 56.2 Å². The second kappa shape index (κ2) is 11.4. The minimum Gasteiger partial charge on any atom is -0.487 e. The summed E-state index contributed by atoms with van der Waals surface area (Å²) in [6, 6.07) is 3.07. The van der Waals surface area contributed by atoms with Gasteiger partial charge in [-0.3, -0.25) is 9.59 Å². The van der Waals surface area contributed by atoms with Gasteiger partial charge < -0.3 is 14.5 Å². The molecule has 3 aliphatic rings. The van der Waals surface area contributed by atoms with Crippen LogP contribution in [0.2, 0.25) is 5.02 Å². The second-order valence-electron chi connectivity index (χ2n) is 11.2. The third-order valence-corrected chi connectivity index (χ3v) is 9.15. The van der Waals surface area contributed by atoms with Crippen LogP contribution in [0.1, 0.15) is 87.4 Å². The number of aryl methyl sites for hydroxylation is 1. The molecule has 0 unspecified atom stereocenters. The van der Waals surface area contributed by atoms with E-state index in [0.29, 0.717) is 42.6 Å². The number of nitrogens with zero attached hydrogens (tertiary/aromatic N) is 5. The van der Waals surface area contributed by atoms with Gasteiger partial charge in [-0.2, -0.15) is 0 Å². The van der Waals surface area contributed by atoms with Gasteiger partial charge in [0.05, 0.1) is 6.04 Å². The summed E-state index contributed by atoms with van der Waals surface area (Å²) in [4.78, 5) is 30.7. The summed E-state index contributed by atoms with van der Waals surface area (Å²) in [5.74, 6) is 0.862. The molecule has 1 saturated heterocycles. The average Bonchev–Trinajstić information content (AvgIpc) is 3.44. The average molecular weight is 564 g/mol. The topological polar surface area (TPSA) is 80.6 Å². The molecule has 2 aromatic rings. The van der Waals surface area contributed by atoms with Gasteiger partial charge in [0.2, 0.25) is 11.8 Å². The van der Waals surface area contributed by atoms with Crippen LogP contribution < -0.4 is 4.74 Å². The Bertz CT molecular complexity index is 1240. The molecular weight excluding hydrogens is 528 g/mol. The number of carbonyl (C=O) groups is 2. The molecule has 2 fully saturated rings. The van der Waals surface area contributed by atoms with E-state index in [1.165, 1.54) is 7.05 Å². The Morgan fingerprint density at radius 1 is 1.18 bits per heavy atom. The van der Waals surface area contributed by atoms with Crippen LogP contribution in [0.3, 0.4) is 0 Å². The highest BCUT2D eigenvalue weighted by molar-refractivity contribution is 6.31. The molecule has 39 heavy (non-hydrogen) atoms. The first-order valence-corrected chi connectivity index (χ1v) is 14.3. The number of ether oxygens (including phenoxy) is 1. The smallest absolute Gasteiger partial charge is 0.282 e. The van der Waals surface area contributed by atoms with Gasteiger partial charge in [-0.1, -0.05) is 36.6 Å². The number of benzene rings is 1. The normalized spacial score (nSPS) is 25.4. The van der Waals surface area contributed by atoms with Crippen LogP contribution >= 0.6 is 11.6 Å². The van der Waals surface area contributed by atoms with E-state index >= 15 is 0 Å². The van der Waals surface area contributed by atoms with Crippen molar-refractivity contribution in [3.63, 3.8) is 0 Å². The van der Waals surface area contributed by atoms with Crippen molar-refractivity contribution in [2.45, 2.75) is 83.9 Å². The van der Waals surface area contributed by atoms with Gasteiger partial charge in [-0.15, -0.1) is 5.10 Å². The molecule has 8 nitrogen and oxygen atoms in total. The molecule has 1 aromatic carbocycles. The second-order valence-corrected chi connectivity index (χ2v) is 11.6.